The van der Waals surface area contributed by atoms with E-state index in [1.54, 1.807) is 18.2 Å². The lowest BCUT2D eigenvalue weighted by Gasteiger charge is -2.34. The Bertz CT molecular complexity index is 1790. The number of rotatable bonds is 4. The molecule has 7 rings (SSSR count). The molecule has 2 aliphatic heterocycles. The summed E-state index contributed by atoms with van der Waals surface area (Å²) in [6.45, 7) is 3.87. The second-order valence-electron chi connectivity index (χ2n) is 13.1. The van der Waals surface area contributed by atoms with Crippen LogP contribution in [0.5, 0.6) is 0 Å². The van der Waals surface area contributed by atoms with Crippen molar-refractivity contribution in [1.82, 2.24) is 4.90 Å². The Morgan fingerprint density at radius 1 is 0.652 bits per heavy atom. The number of alkyl halides is 6. The third-order valence-corrected chi connectivity index (χ3v) is 10.2. The molecule has 0 bridgehead atoms. The summed E-state index contributed by atoms with van der Waals surface area (Å²) >= 11 is 0. The van der Waals surface area contributed by atoms with Gasteiger partial charge in [0.15, 0.2) is 0 Å². The average molecular weight is 637 g/mol. The fourth-order valence-corrected chi connectivity index (χ4v) is 7.87. The van der Waals surface area contributed by atoms with E-state index < -0.39 is 23.5 Å². The van der Waals surface area contributed by atoms with Crippen LogP contribution >= 0.6 is 0 Å². The van der Waals surface area contributed by atoms with Gasteiger partial charge in [0, 0.05) is 30.7 Å². The normalized spacial score (nSPS) is 22.7. The van der Waals surface area contributed by atoms with Gasteiger partial charge < -0.3 is 4.90 Å². The highest BCUT2D eigenvalue weighted by atomic mass is 19.4. The van der Waals surface area contributed by atoms with Crippen LogP contribution in [-0.4, -0.2) is 43.3 Å². The molecule has 2 aliphatic carbocycles. The van der Waals surface area contributed by atoms with E-state index in [0.29, 0.717) is 5.56 Å². The maximum atomic E-state index is 13.6. The van der Waals surface area contributed by atoms with Crippen LogP contribution in [0.3, 0.4) is 0 Å². The number of nitrogens with zero attached hydrogens (tertiary/aromatic N) is 2. The lowest BCUT2D eigenvalue weighted by molar-refractivity contribution is -0.137. The molecule has 2 saturated heterocycles. The summed E-state index contributed by atoms with van der Waals surface area (Å²) in [5.74, 6) is -0.269. The Hall–Kier alpha value is -3.52. The summed E-state index contributed by atoms with van der Waals surface area (Å²) in [5, 5.41) is 3.83. The molecule has 2 heterocycles. The van der Waals surface area contributed by atoms with Crippen molar-refractivity contribution in [3.63, 3.8) is 0 Å². The van der Waals surface area contributed by atoms with Gasteiger partial charge in [-0.15, -0.1) is 0 Å². The molecule has 2 unspecified atom stereocenters. The second-order valence-corrected chi connectivity index (χ2v) is 13.1. The van der Waals surface area contributed by atoms with E-state index in [1.165, 1.54) is 25.0 Å². The van der Waals surface area contributed by atoms with Crippen molar-refractivity contribution in [2.75, 3.05) is 31.1 Å². The van der Waals surface area contributed by atoms with Crippen molar-refractivity contribution in [3.05, 3.63) is 87.8 Å². The molecule has 242 valence electrons. The molecule has 4 aliphatic rings. The van der Waals surface area contributed by atoms with Crippen LogP contribution in [0.4, 0.5) is 32.0 Å². The molecule has 0 saturated carbocycles. The standard InChI is InChI=1S/C38H38F6N2/c39-37(40,41)27-11-7-25(8-12-27)35-32-18-16-30(46-21-5-2-6-22-46)24-34(32)36(26-9-13-28(14-10-26)38(42,43)44)31-17-15-29(23-33(31)35)45-19-3-1-4-20-45/h7-9,11-15,17-18,23-24,26,30H,1-6,10,16,19-22H2. The molecule has 0 N–H and O–H groups in total. The third-order valence-electron chi connectivity index (χ3n) is 10.2. The fourth-order valence-electron chi connectivity index (χ4n) is 7.87. The Morgan fingerprint density at radius 2 is 1.35 bits per heavy atom. The van der Waals surface area contributed by atoms with Crippen molar-refractivity contribution in [3.8, 4) is 11.1 Å². The predicted molar refractivity (Wildman–Crippen MR) is 173 cm³/mol. The first-order valence-electron chi connectivity index (χ1n) is 16.5. The number of piperidine rings is 2. The van der Waals surface area contributed by atoms with Gasteiger partial charge in [-0.2, -0.15) is 26.3 Å². The molecule has 8 heteroatoms. The number of hydrogen-bond acceptors (Lipinski definition) is 2. The molecule has 2 atom stereocenters. The monoisotopic (exact) mass is 636 g/mol. The van der Waals surface area contributed by atoms with Crippen molar-refractivity contribution < 1.29 is 26.3 Å². The molecule has 2 fully saturated rings. The van der Waals surface area contributed by atoms with Gasteiger partial charge in [-0.25, -0.2) is 0 Å². The number of likely N-dealkylation sites (tertiary alicyclic amines) is 1. The first kappa shape index (κ1) is 31.1. The van der Waals surface area contributed by atoms with Crippen LogP contribution < -0.4 is 15.3 Å². The molecule has 0 spiro atoms. The summed E-state index contributed by atoms with van der Waals surface area (Å²) in [4.78, 5) is 4.85. The van der Waals surface area contributed by atoms with Crippen LogP contribution in [-0.2, 0) is 6.18 Å². The van der Waals surface area contributed by atoms with E-state index in [-0.39, 0.29) is 18.4 Å². The molecule has 2 nitrogen and oxygen atoms in total. The number of anilines is 1. The highest BCUT2D eigenvalue weighted by molar-refractivity contribution is 6.01. The van der Waals surface area contributed by atoms with Crippen molar-refractivity contribution in [1.29, 1.82) is 0 Å². The first-order chi connectivity index (χ1) is 22.1. The largest absolute Gasteiger partial charge is 0.416 e. The summed E-state index contributed by atoms with van der Waals surface area (Å²) in [5.41, 5.74) is 2.34. The Kier molecular flexibility index (Phi) is 8.28. The molecule has 46 heavy (non-hydrogen) atoms. The first-order valence-corrected chi connectivity index (χ1v) is 16.5. The minimum atomic E-state index is -4.44. The van der Waals surface area contributed by atoms with Gasteiger partial charge in [-0.05, 0) is 120 Å². The molecule has 3 aromatic carbocycles. The Labute approximate surface area is 265 Å². The number of hydrogen-bond donors (Lipinski definition) is 0. The topological polar surface area (TPSA) is 6.48 Å². The zero-order valence-electron chi connectivity index (χ0n) is 25.7. The maximum Gasteiger partial charge on any atom is 0.416 e. The van der Waals surface area contributed by atoms with Gasteiger partial charge in [-0.3, -0.25) is 4.90 Å². The molecule has 3 aromatic rings. The van der Waals surface area contributed by atoms with Gasteiger partial charge in [0.2, 0.25) is 0 Å². The van der Waals surface area contributed by atoms with Crippen molar-refractivity contribution >= 4 is 28.6 Å². The fraction of sp³-hybridized carbons (Fsp3) is 0.421. The SMILES string of the molecule is FC(F)(F)C1=CCC(c2c3c(c(-c4ccc(C(F)(F)F)cc4)c4cc(N5CCCCC5)ccc24)=CCC(N2CCCCC2)C=3)C=C1. The predicted octanol–water partition coefficient (Wildman–Crippen LogP) is 8.87. The van der Waals surface area contributed by atoms with Gasteiger partial charge >= 0.3 is 12.4 Å². The van der Waals surface area contributed by atoms with E-state index in [0.717, 1.165) is 108 Å². The third kappa shape index (κ3) is 6.01. The highest BCUT2D eigenvalue weighted by Crippen LogP contribution is 2.39. The average Bonchev–Trinajstić information content (AvgIpc) is 3.07. The van der Waals surface area contributed by atoms with Gasteiger partial charge in [0.1, 0.15) is 0 Å². The van der Waals surface area contributed by atoms with E-state index in [9.17, 15) is 26.3 Å². The number of fused-ring (bicyclic) bond motifs is 2. The molecular formula is C38H38F6N2. The molecule has 0 radical (unpaired) electrons. The summed E-state index contributed by atoms with van der Waals surface area (Å²) in [6, 6.07) is 11.9. The second kappa shape index (κ2) is 12.3. The van der Waals surface area contributed by atoms with Gasteiger partial charge in [-0.1, -0.05) is 55.0 Å². The number of benzene rings is 3. The number of allylic oxidation sites excluding steroid dienone is 4. The minimum Gasteiger partial charge on any atom is -0.372 e. The lowest BCUT2D eigenvalue weighted by atomic mass is 9.80. The zero-order chi connectivity index (χ0) is 32.1. The lowest BCUT2D eigenvalue weighted by Crippen LogP contribution is -2.44. The highest BCUT2D eigenvalue weighted by Gasteiger charge is 2.34. The van der Waals surface area contributed by atoms with Crippen LogP contribution in [0.15, 0.2) is 66.3 Å². The van der Waals surface area contributed by atoms with Crippen LogP contribution in [0.2, 0.25) is 0 Å². The van der Waals surface area contributed by atoms with E-state index >= 15 is 0 Å². The van der Waals surface area contributed by atoms with E-state index in [1.807, 2.05) is 0 Å². The van der Waals surface area contributed by atoms with E-state index in [2.05, 4.69) is 40.2 Å². The summed E-state index contributed by atoms with van der Waals surface area (Å²) in [7, 11) is 0. The molecular weight excluding hydrogens is 598 g/mol. The van der Waals surface area contributed by atoms with E-state index in [4.69, 9.17) is 0 Å². The Balaban J connectivity index is 1.48. The quantitative estimate of drug-likeness (QED) is 0.264. The Morgan fingerprint density at radius 3 is 1.98 bits per heavy atom. The minimum absolute atomic E-state index is 0.158. The maximum absolute atomic E-state index is 13.6. The van der Waals surface area contributed by atoms with Crippen LogP contribution in [0.1, 0.15) is 68.4 Å². The smallest absolute Gasteiger partial charge is 0.372 e. The van der Waals surface area contributed by atoms with Crippen LogP contribution in [0, 0.1) is 0 Å². The van der Waals surface area contributed by atoms with Crippen LogP contribution in [0.25, 0.3) is 34.1 Å². The van der Waals surface area contributed by atoms with Gasteiger partial charge in [0.05, 0.1) is 11.1 Å². The van der Waals surface area contributed by atoms with Crippen molar-refractivity contribution in [2.45, 2.75) is 75.7 Å². The molecule has 0 aromatic heterocycles. The molecule has 0 amide bonds. The van der Waals surface area contributed by atoms with Gasteiger partial charge in [0.25, 0.3) is 0 Å². The zero-order valence-corrected chi connectivity index (χ0v) is 25.7. The number of halogens is 6. The van der Waals surface area contributed by atoms with Crippen molar-refractivity contribution in [2.24, 2.45) is 0 Å². The summed E-state index contributed by atoms with van der Waals surface area (Å²) < 4.78 is 81.6. The summed E-state index contributed by atoms with van der Waals surface area (Å²) in [6.07, 6.45) is 7.70.